The van der Waals surface area contributed by atoms with Crippen molar-refractivity contribution in [3.05, 3.63) is 0 Å². The molecule has 4 nitrogen and oxygen atoms in total. The van der Waals surface area contributed by atoms with Crippen molar-refractivity contribution in [1.29, 1.82) is 0 Å². The standard InChI is InChI=1S/CHN4/c1-2-4-5-3-1/h(H,2,4,5)/q+1. The summed E-state index contributed by atoms with van der Waals surface area (Å²) in [6.07, 6.45) is 2.26. The quantitative estimate of drug-likeness (QED) is 0.394. The van der Waals surface area contributed by atoms with Crippen LogP contribution in [-0.4, -0.2) is 6.34 Å². The van der Waals surface area contributed by atoms with Gasteiger partial charge in [-0.2, -0.15) is 0 Å². The number of hydrogen-bond acceptors (Lipinski definition) is 4. The molecule has 0 aliphatic carbocycles. The van der Waals surface area contributed by atoms with Crippen molar-refractivity contribution in [1.82, 2.24) is 10.5 Å². The molecular formula is CHN4+. The van der Waals surface area contributed by atoms with Crippen molar-refractivity contribution in [3.63, 3.8) is 0 Å². The Morgan fingerprint density at radius 1 is 1.80 bits per heavy atom. The van der Waals surface area contributed by atoms with E-state index in [1.807, 2.05) is 0 Å². The fourth-order valence-electron chi connectivity index (χ4n) is 0.112. The van der Waals surface area contributed by atoms with Crippen molar-refractivity contribution < 1.29 is 0 Å². The molecule has 0 saturated carbocycles. The minimum Gasteiger partial charge on any atom is -0.0879 e. The van der Waals surface area contributed by atoms with Gasteiger partial charge in [-0.1, -0.05) is 5.43 Å². The van der Waals surface area contributed by atoms with Crippen molar-refractivity contribution in [3.8, 4) is 0 Å². The molecular weight excluding hydrogens is 68.0 g/mol. The zero-order valence-corrected chi connectivity index (χ0v) is 2.34. The van der Waals surface area contributed by atoms with Gasteiger partial charge in [0.15, 0.2) is 5.22 Å². The molecule has 0 saturated heterocycles. The molecule has 0 aromatic rings. The van der Waals surface area contributed by atoms with Gasteiger partial charge < -0.3 is 0 Å². The Hall–Kier alpha value is -0.930. The third-order valence-electron chi connectivity index (χ3n) is 0.239. The van der Waals surface area contributed by atoms with Gasteiger partial charge >= 0.3 is 6.34 Å². The summed E-state index contributed by atoms with van der Waals surface area (Å²) in [5.41, 5.74) is 2.26. The number of hydrogen-bond donors (Lipinski definition) is 1. The van der Waals surface area contributed by atoms with Gasteiger partial charge in [-0.3, -0.25) is 0 Å². The second-order valence-corrected chi connectivity index (χ2v) is 0.513. The highest BCUT2D eigenvalue weighted by molar-refractivity contribution is 5.52. The van der Waals surface area contributed by atoms with E-state index in [1.54, 1.807) is 0 Å². The second kappa shape index (κ2) is 0.794. The Labute approximate surface area is 28.6 Å². The van der Waals surface area contributed by atoms with Gasteiger partial charge in [-0.15, -0.1) is 0 Å². The predicted molar refractivity (Wildman–Crippen MR) is 15.1 cm³/mol. The zero-order valence-electron chi connectivity index (χ0n) is 2.34. The Kier molecular flexibility index (Phi) is 0.368. The zero-order chi connectivity index (χ0) is 3.54. The van der Waals surface area contributed by atoms with Crippen LogP contribution in [0.3, 0.4) is 0 Å². The van der Waals surface area contributed by atoms with Gasteiger partial charge in [-0.25, -0.2) is 0 Å². The van der Waals surface area contributed by atoms with Crippen molar-refractivity contribution in [2.24, 2.45) is 10.4 Å². The summed E-state index contributed by atoms with van der Waals surface area (Å²) in [5, 5.41) is 9.47. The maximum absolute atomic E-state index is 3.18. The summed E-state index contributed by atoms with van der Waals surface area (Å²) in [5.74, 6) is 0. The molecule has 0 unspecified atom stereocenters. The lowest BCUT2D eigenvalue weighted by Gasteiger charge is -1.42. The molecule has 0 bridgehead atoms. The fraction of sp³-hybridized carbons (Fsp3) is 0. The molecule has 1 N–H and O–H groups in total. The topological polar surface area (TPSA) is 50.9 Å². The van der Waals surface area contributed by atoms with Gasteiger partial charge in [0.2, 0.25) is 0 Å². The first-order valence-electron chi connectivity index (χ1n) is 1.10. The fourth-order valence-corrected chi connectivity index (χ4v) is 0.112. The molecule has 1 rings (SSSR count). The highest BCUT2D eigenvalue weighted by Crippen LogP contribution is 1.60. The largest absolute Gasteiger partial charge is 0.401 e. The Morgan fingerprint density at radius 3 is 3.00 bits per heavy atom. The smallest absolute Gasteiger partial charge is 0.0879 e. The summed E-state index contributed by atoms with van der Waals surface area (Å²) in [6.45, 7) is 0. The monoisotopic (exact) mass is 69.0 g/mol. The van der Waals surface area contributed by atoms with Crippen LogP contribution in [0.2, 0.25) is 0 Å². The van der Waals surface area contributed by atoms with Gasteiger partial charge in [-0.05, 0) is 0 Å². The first-order chi connectivity index (χ1) is 2.50. The van der Waals surface area contributed by atoms with Crippen LogP contribution < -0.4 is 10.5 Å². The maximum atomic E-state index is 3.18. The van der Waals surface area contributed by atoms with Gasteiger partial charge in [0.05, 0.1) is 5.10 Å². The van der Waals surface area contributed by atoms with Crippen molar-refractivity contribution >= 4 is 6.34 Å². The molecule has 2 radical (unpaired) electrons. The van der Waals surface area contributed by atoms with E-state index in [1.165, 1.54) is 0 Å². The normalized spacial score (nSPS) is 16.0. The summed E-state index contributed by atoms with van der Waals surface area (Å²) >= 11 is 0. The minimum atomic E-state index is 2.26. The van der Waals surface area contributed by atoms with E-state index < -0.39 is 0 Å². The molecule has 0 atom stereocenters. The van der Waals surface area contributed by atoms with Crippen LogP contribution in [0.25, 0.3) is 0 Å². The van der Waals surface area contributed by atoms with Crippen LogP contribution >= 0.6 is 0 Å². The van der Waals surface area contributed by atoms with Crippen LogP contribution in [0.5, 0.6) is 0 Å². The Morgan fingerprint density at radius 2 is 2.80 bits per heavy atom. The predicted octanol–water partition coefficient (Wildman–Crippen LogP) is -0.887. The lowest BCUT2D eigenvalue weighted by molar-refractivity contribution is 0.909. The molecule has 1 aliphatic heterocycles. The van der Waals surface area contributed by atoms with E-state index in [9.17, 15) is 0 Å². The highest BCUT2D eigenvalue weighted by atomic mass is 15.6. The lowest BCUT2D eigenvalue weighted by atomic mass is 11.4. The SMILES string of the molecule is [C]1=[N+]N=NN1. The third kappa shape index (κ3) is 0.212. The molecule has 24 valence electrons. The molecule has 0 aromatic heterocycles. The van der Waals surface area contributed by atoms with Crippen molar-refractivity contribution in [2.45, 2.75) is 0 Å². The molecule has 0 fully saturated rings. The summed E-state index contributed by atoms with van der Waals surface area (Å²) < 4.78 is 0. The van der Waals surface area contributed by atoms with Crippen molar-refractivity contribution in [2.75, 3.05) is 0 Å². The average molecular weight is 69.0 g/mol. The average Bonchev–Trinajstić information content (AvgIpc) is 1.76. The molecule has 0 aromatic carbocycles. The Balaban J connectivity index is 2.61. The molecule has 0 spiro atoms. The number of nitrogens with one attached hydrogen (secondary N) is 1. The van der Waals surface area contributed by atoms with Gasteiger partial charge in [0.1, 0.15) is 5.22 Å². The molecule has 1 heterocycles. The van der Waals surface area contributed by atoms with E-state index >= 15 is 0 Å². The van der Waals surface area contributed by atoms with Crippen LogP contribution in [0.15, 0.2) is 10.4 Å². The maximum Gasteiger partial charge on any atom is 0.401 e. The van der Waals surface area contributed by atoms with E-state index in [4.69, 9.17) is 0 Å². The van der Waals surface area contributed by atoms with Crippen LogP contribution in [0.4, 0.5) is 0 Å². The molecule has 4 heteroatoms. The van der Waals surface area contributed by atoms with E-state index in [-0.39, 0.29) is 0 Å². The van der Waals surface area contributed by atoms with E-state index in [0.29, 0.717) is 0 Å². The molecule has 1 aliphatic rings. The third-order valence-corrected chi connectivity index (χ3v) is 0.239. The first kappa shape index (κ1) is 2.32. The van der Waals surface area contributed by atoms with Crippen LogP contribution in [-0.2, 0) is 0 Å². The molecule has 5 heavy (non-hydrogen) atoms. The minimum absolute atomic E-state index is 2.26. The number of rotatable bonds is 0. The number of nitrogens with zero attached hydrogens (tertiary/aromatic N) is 3. The van der Waals surface area contributed by atoms with Crippen LogP contribution in [0, 0.1) is 0 Å². The summed E-state index contributed by atoms with van der Waals surface area (Å²) in [4.78, 5) is 0. The van der Waals surface area contributed by atoms with Gasteiger partial charge in [0.25, 0.3) is 0 Å². The van der Waals surface area contributed by atoms with Gasteiger partial charge in [0, 0.05) is 0 Å². The van der Waals surface area contributed by atoms with E-state index in [0.717, 1.165) is 0 Å². The summed E-state index contributed by atoms with van der Waals surface area (Å²) in [7, 11) is 0. The van der Waals surface area contributed by atoms with Crippen LogP contribution in [0.1, 0.15) is 0 Å². The lowest BCUT2D eigenvalue weighted by Crippen LogP contribution is -1.94. The first-order valence-corrected chi connectivity index (χ1v) is 1.10. The second-order valence-electron chi connectivity index (χ2n) is 0.513. The highest BCUT2D eigenvalue weighted by Gasteiger charge is 1.91. The summed E-state index contributed by atoms with van der Waals surface area (Å²) in [6, 6.07) is 0. The molecule has 0 amide bonds. The Bertz CT molecular complexity index is 61.7. The van der Waals surface area contributed by atoms with E-state index in [2.05, 4.69) is 27.3 Å².